The Morgan fingerprint density at radius 3 is 2.40 bits per heavy atom. The van der Waals surface area contributed by atoms with Crippen LogP contribution in [-0.4, -0.2) is 18.0 Å². The molecule has 0 aromatic heterocycles. The Morgan fingerprint density at radius 2 is 1.65 bits per heavy atom. The van der Waals surface area contributed by atoms with Crippen molar-refractivity contribution in [2.75, 3.05) is 0 Å². The van der Waals surface area contributed by atoms with Gasteiger partial charge in [-0.2, -0.15) is 0 Å². The van der Waals surface area contributed by atoms with Gasteiger partial charge in [0.25, 0.3) is 11.8 Å². The van der Waals surface area contributed by atoms with Gasteiger partial charge in [-0.1, -0.05) is 23.7 Å². The Labute approximate surface area is 120 Å². The maximum atomic E-state index is 11.5. The van der Waals surface area contributed by atoms with Crippen LogP contribution in [0.1, 0.15) is 26.3 Å². The van der Waals surface area contributed by atoms with Gasteiger partial charge in [0, 0.05) is 11.2 Å². The Hall–Kier alpha value is -2.46. The maximum Gasteiger partial charge on any atom is 0.259 e. The number of benzene rings is 2. The van der Waals surface area contributed by atoms with Crippen molar-refractivity contribution in [2.24, 2.45) is 4.99 Å². The van der Waals surface area contributed by atoms with E-state index in [1.54, 1.807) is 36.5 Å². The van der Waals surface area contributed by atoms with Crippen molar-refractivity contribution in [3.05, 3.63) is 64.2 Å². The summed E-state index contributed by atoms with van der Waals surface area (Å²) in [4.78, 5) is 27.2. The van der Waals surface area contributed by atoms with Crippen LogP contribution in [0.5, 0.6) is 0 Å². The van der Waals surface area contributed by atoms with Gasteiger partial charge < -0.3 is 0 Å². The maximum absolute atomic E-state index is 11.5. The van der Waals surface area contributed by atoms with Crippen molar-refractivity contribution in [2.45, 2.75) is 0 Å². The van der Waals surface area contributed by atoms with Gasteiger partial charge in [0.1, 0.15) is 0 Å². The van der Waals surface area contributed by atoms with Crippen LogP contribution in [0.2, 0.25) is 5.02 Å². The fraction of sp³-hybridized carbons (Fsp3) is 0. The van der Waals surface area contributed by atoms with E-state index in [-0.39, 0.29) is 11.8 Å². The molecule has 2 amide bonds. The molecule has 98 valence electrons. The van der Waals surface area contributed by atoms with Gasteiger partial charge in [-0.05, 0) is 35.9 Å². The number of hydrogen-bond acceptors (Lipinski definition) is 3. The fourth-order valence-corrected chi connectivity index (χ4v) is 2.06. The van der Waals surface area contributed by atoms with E-state index in [9.17, 15) is 9.59 Å². The smallest absolute Gasteiger partial charge is 0.259 e. The number of halogens is 1. The minimum Gasteiger partial charge on any atom is -0.288 e. The van der Waals surface area contributed by atoms with E-state index in [1.807, 2.05) is 12.1 Å². The molecule has 0 saturated heterocycles. The summed E-state index contributed by atoms with van der Waals surface area (Å²) in [6.07, 6.45) is 1.67. The van der Waals surface area contributed by atoms with Gasteiger partial charge in [0.2, 0.25) is 0 Å². The van der Waals surface area contributed by atoms with Gasteiger partial charge in [-0.3, -0.25) is 19.9 Å². The lowest BCUT2D eigenvalue weighted by Gasteiger charge is -1.97. The molecular weight excluding hydrogens is 276 g/mol. The first-order chi connectivity index (χ1) is 9.63. The van der Waals surface area contributed by atoms with Gasteiger partial charge in [0.05, 0.1) is 16.8 Å². The van der Waals surface area contributed by atoms with Crippen LogP contribution in [0.25, 0.3) is 0 Å². The molecule has 0 radical (unpaired) electrons. The number of aliphatic imine (C=N–C) groups is 1. The molecule has 1 N–H and O–H groups in total. The van der Waals surface area contributed by atoms with Crippen LogP contribution in [0.3, 0.4) is 0 Å². The summed E-state index contributed by atoms with van der Waals surface area (Å²) in [6, 6.07) is 12.1. The van der Waals surface area contributed by atoms with E-state index in [4.69, 9.17) is 11.6 Å². The Balaban J connectivity index is 1.89. The Kier molecular flexibility index (Phi) is 3.08. The second-order valence-electron chi connectivity index (χ2n) is 4.32. The summed E-state index contributed by atoms with van der Waals surface area (Å²) >= 11 is 5.80. The van der Waals surface area contributed by atoms with Crippen molar-refractivity contribution in [1.29, 1.82) is 0 Å². The molecule has 2 aromatic carbocycles. The van der Waals surface area contributed by atoms with Crippen LogP contribution >= 0.6 is 11.6 Å². The lowest BCUT2D eigenvalue weighted by atomic mass is 10.1. The molecule has 1 aliphatic heterocycles. The lowest BCUT2D eigenvalue weighted by molar-refractivity contribution is 0.0879. The zero-order valence-corrected chi connectivity index (χ0v) is 11.0. The minimum atomic E-state index is -0.381. The first-order valence-corrected chi connectivity index (χ1v) is 6.31. The molecule has 5 heteroatoms. The SMILES string of the molecule is O=C1NC(=O)c2cc(N=Cc3ccc(Cl)cc3)ccc21. The fourth-order valence-electron chi connectivity index (χ4n) is 1.93. The molecule has 20 heavy (non-hydrogen) atoms. The van der Waals surface area contributed by atoms with Crippen molar-refractivity contribution >= 4 is 35.3 Å². The van der Waals surface area contributed by atoms with Gasteiger partial charge in [-0.25, -0.2) is 0 Å². The zero-order valence-electron chi connectivity index (χ0n) is 10.3. The summed E-state index contributed by atoms with van der Waals surface area (Å²) in [6.45, 7) is 0. The second-order valence-corrected chi connectivity index (χ2v) is 4.76. The van der Waals surface area contributed by atoms with Gasteiger partial charge >= 0.3 is 0 Å². The van der Waals surface area contributed by atoms with E-state index in [0.29, 0.717) is 21.8 Å². The molecule has 0 unspecified atom stereocenters. The summed E-state index contributed by atoms with van der Waals surface area (Å²) in [7, 11) is 0. The van der Waals surface area contributed by atoms with E-state index in [2.05, 4.69) is 10.3 Å². The number of amides is 2. The molecule has 0 bridgehead atoms. The molecule has 2 aromatic rings. The zero-order chi connectivity index (χ0) is 14.1. The number of imide groups is 1. The summed E-state index contributed by atoms with van der Waals surface area (Å²) in [5.74, 6) is -0.744. The van der Waals surface area contributed by atoms with Gasteiger partial charge in [-0.15, -0.1) is 0 Å². The topological polar surface area (TPSA) is 58.5 Å². The molecule has 0 aliphatic carbocycles. The third-order valence-corrected chi connectivity index (χ3v) is 3.20. The predicted octanol–water partition coefficient (Wildman–Crippen LogP) is 2.97. The number of carbonyl (C=O) groups is 2. The number of carbonyl (C=O) groups excluding carboxylic acids is 2. The second kappa shape index (κ2) is 4.90. The highest BCUT2D eigenvalue weighted by molar-refractivity contribution is 6.30. The largest absolute Gasteiger partial charge is 0.288 e. The number of fused-ring (bicyclic) bond motifs is 1. The highest BCUT2D eigenvalue weighted by Gasteiger charge is 2.26. The Bertz CT molecular complexity index is 736. The number of nitrogens with one attached hydrogen (secondary N) is 1. The first kappa shape index (κ1) is 12.6. The van der Waals surface area contributed by atoms with Crippen LogP contribution in [0.4, 0.5) is 5.69 Å². The first-order valence-electron chi connectivity index (χ1n) is 5.93. The molecule has 4 nitrogen and oxygen atoms in total. The summed E-state index contributed by atoms with van der Waals surface area (Å²) in [5, 5.41) is 2.91. The van der Waals surface area contributed by atoms with E-state index < -0.39 is 0 Å². The van der Waals surface area contributed by atoms with Crippen molar-refractivity contribution in [3.8, 4) is 0 Å². The molecule has 1 heterocycles. The molecule has 0 spiro atoms. The number of hydrogen-bond donors (Lipinski definition) is 1. The average molecular weight is 285 g/mol. The quantitative estimate of drug-likeness (QED) is 0.681. The summed E-state index contributed by atoms with van der Waals surface area (Å²) < 4.78 is 0. The van der Waals surface area contributed by atoms with Crippen molar-refractivity contribution in [3.63, 3.8) is 0 Å². The molecule has 0 fully saturated rings. The van der Waals surface area contributed by atoms with Gasteiger partial charge in [0.15, 0.2) is 0 Å². The third kappa shape index (κ3) is 2.33. The monoisotopic (exact) mass is 284 g/mol. The molecule has 0 atom stereocenters. The number of rotatable bonds is 2. The molecular formula is C15H9ClN2O2. The van der Waals surface area contributed by atoms with E-state index in [1.165, 1.54) is 0 Å². The molecule has 0 saturated carbocycles. The van der Waals surface area contributed by atoms with E-state index >= 15 is 0 Å². The van der Waals surface area contributed by atoms with Crippen molar-refractivity contribution in [1.82, 2.24) is 5.32 Å². The standard InChI is InChI=1S/C15H9ClN2O2/c16-10-3-1-9(2-4-10)8-17-11-5-6-12-13(7-11)15(20)18-14(12)19/h1-8H,(H,18,19,20). The highest BCUT2D eigenvalue weighted by atomic mass is 35.5. The average Bonchev–Trinajstić information content (AvgIpc) is 2.73. The molecule has 1 aliphatic rings. The summed E-state index contributed by atoms with van der Waals surface area (Å²) in [5.41, 5.74) is 2.26. The van der Waals surface area contributed by atoms with Crippen LogP contribution in [0, 0.1) is 0 Å². The predicted molar refractivity (Wildman–Crippen MR) is 76.9 cm³/mol. The normalized spacial score (nSPS) is 13.7. The van der Waals surface area contributed by atoms with Crippen molar-refractivity contribution < 1.29 is 9.59 Å². The number of nitrogens with zero attached hydrogens (tertiary/aromatic N) is 1. The van der Waals surface area contributed by atoms with E-state index in [0.717, 1.165) is 5.56 Å². The minimum absolute atomic E-state index is 0.362. The highest BCUT2D eigenvalue weighted by Crippen LogP contribution is 2.22. The lowest BCUT2D eigenvalue weighted by Crippen LogP contribution is -2.19. The Morgan fingerprint density at radius 1 is 0.950 bits per heavy atom. The van der Waals surface area contributed by atoms with Crippen LogP contribution < -0.4 is 5.32 Å². The molecule has 3 rings (SSSR count). The third-order valence-electron chi connectivity index (χ3n) is 2.95. The van der Waals surface area contributed by atoms with Crippen LogP contribution in [0.15, 0.2) is 47.5 Å². The van der Waals surface area contributed by atoms with Crippen LogP contribution in [-0.2, 0) is 0 Å².